The van der Waals surface area contributed by atoms with Crippen LogP contribution >= 0.6 is 11.5 Å². The molecule has 2 N–H and O–H groups in total. The zero-order valence-electron chi connectivity index (χ0n) is 20.0. The first-order valence-electron chi connectivity index (χ1n) is 11.4. The van der Waals surface area contributed by atoms with Crippen LogP contribution in [0.5, 0.6) is 0 Å². The Morgan fingerprint density at radius 1 is 1.03 bits per heavy atom. The van der Waals surface area contributed by atoms with Gasteiger partial charge < -0.3 is 14.8 Å². The first kappa shape index (κ1) is 27.6. The number of unbranched alkanes of at least 4 members (excludes halogenated alkanes) is 2. The van der Waals surface area contributed by atoms with Crippen LogP contribution in [-0.2, 0) is 29.1 Å². The second-order valence-electron chi connectivity index (χ2n) is 7.68. The van der Waals surface area contributed by atoms with Gasteiger partial charge in [-0.15, -0.1) is 0 Å². The summed E-state index contributed by atoms with van der Waals surface area (Å²) < 4.78 is 42.1. The smallest absolute Gasteiger partial charge is 0.322 e. The number of aryl methyl sites for hydroxylation is 1. The molecule has 0 bridgehead atoms. The van der Waals surface area contributed by atoms with Gasteiger partial charge in [-0.3, -0.25) is 14.3 Å². The van der Waals surface area contributed by atoms with E-state index in [1.165, 1.54) is 23.7 Å². The molecule has 0 amide bonds. The molecule has 0 fully saturated rings. The van der Waals surface area contributed by atoms with Gasteiger partial charge in [-0.05, 0) is 69.1 Å². The van der Waals surface area contributed by atoms with Crippen molar-refractivity contribution in [3.05, 3.63) is 35.2 Å². The molecule has 0 saturated carbocycles. The van der Waals surface area contributed by atoms with Gasteiger partial charge in [0.1, 0.15) is 0 Å². The molecule has 1 unspecified atom stereocenters. The van der Waals surface area contributed by atoms with Crippen LogP contribution < -0.4 is 10.0 Å². The van der Waals surface area contributed by atoms with Crippen molar-refractivity contribution < 1.29 is 27.5 Å². The van der Waals surface area contributed by atoms with Crippen molar-refractivity contribution >= 4 is 45.0 Å². The number of sulfonamides is 1. The van der Waals surface area contributed by atoms with E-state index in [4.69, 9.17) is 9.47 Å². The van der Waals surface area contributed by atoms with Gasteiger partial charge in [0, 0.05) is 10.6 Å². The monoisotopic (exact) mass is 511 g/mol. The van der Waals surface area contributed by atoms with E-state index in [2.05, 4.69) is 21.3 Å². The summed E-state index contributed by atoms with van der Waals surface area (Å²) in [6.45, 7) is 7.56. The molecule has 1 aromatic carbocycles. The third-order valence-corrected chi connectivity index (χ3v) is 7.05. The van der Waals surface area contributed by atoms with Gasteiger partial charge in [-0.2, -0.15) is 4.37 Å². The van der Waals surface area contributed by atoms with Crippen LogP contribution in [-0.4, -0.2) is 44.0 Å². The van der Waals surface area contributed by atoms with Gasteiger partial charge in [0.05, 0.1) is 24.2 Å². The summed E-state index contributed by atoms with van der Waals surface area (Å²) in [6, 6.07) is 7.20. The number of esters is 2. The highest BCUT2D eigenvalue weighted by Gasteiger charge is 2.37. The molecule has 1 atom stereocenters. The third kappa shape index (κ3) is 7.98. The van der Waals surface area contributed by atoms with Crippen molar-refractivity contribution in [3.63, 3.8) is 0 Å². The largest absolute Gasteiger partial charge is 0.465 e. The quantitative estimate of drug-likeness (QED) is 0.218. The molecule has 0 saturated heterocycles. The van der Waals surface area contributed by atoms with E-state index in [1.54, 1.807) is 32.0 Å². The molecule has 188 valence electrons. The lowest BCUT2D eigenvalue weighted by atomic mass is 9.94. The van der Waals surface area contributed by atoms with E-state index in [-0.39, 0.29) is 23.9 Å². The fourth-order valence-electron chi connectivity index (χ4n) is 3.38. The standard InChI is InChI=1S/C23H33N3O6S2/c1-5-8-9-10-19(21(22(27)31-6-2)23(28)32-7-3)24-17-11-13-18(14-12-17)34(29,30)26-20-15-16(4)33-25-20/h11-15,19,21,24H,5-10H2,1-4H3,(H,25,26). The number of nitrogens with one attached hydrogen (secondary N) is 2. The fraction of sp³-hybridized carbons (Fsp3) is 0.522. The molecule has 1 heterocycles. The van der Waals surface area contributed by atoms with Crippen molar-refractivity contribution in [1.29, 1.82) is 0 Å². The molecule has 2 aromatic rings. The lowest BCUT2D eigenvalue weighted by Gasteiger charge is -2.26. The maximum Gasteiger partial charge on any atom is 0.322 e. The van der Waals surface area contributed by atoms with Crippen LogP contribution in [0.25, 0.3) is 0 Å². The van der Waals surface area contributed by atoms with E-state index in [0.717, 1.165) is 24.1 Å². The summed E-state index contributed by atoms with van der Waals surface area (Å²) in [5.74, 6) is -2.14. The summed E-state index contributed by atoms with van der Waals surface area (Å²) in [4.78, 5) is 26.2. The number of ether oxygens (including phenoxy) is 2. The van der Waals surface area contributed by atoms with Crippen molar-refractivity contribution in [3.8, 4) is 0 Å². The number of rotatable bonds is 14. The number of aromatic nitrogens is 1. The van der Waals surface area contributed by atoms with Crippen molar-refractivity contribution in [2.75, 3.05) is 23.3 Å². The van der Waals surface area contributed by atoms with E-state index in [9.17, 15) is 18.0 Å². The molecule has 2 rings (SSSR count). The fourth-order valence-corrected chi connectivity index (χ4v) is 4.94. The molecular formula is C23H33N3O6S2. The van der Waals surface area contributed by atoms with Gasteiger partial charge in [-0.25, -0.2) is 8.42 Å². The van der Waals surface area contributed by atoms with Gasteiger partial charge in [0.25, 0.3) is 10.0 Å². The molecular weight excluding hydrogens is 478 g/mol. The Labute approximate surface area is 205 Å². The minimum atomic E-state index is -3.80. The number of anilines is 2. The highest BCUT2D eigenvalue weighted by molar-refractivity contribution is 7.92. The SMILES string of the molecule is CCCCCC(Nc1ccc(S(=O)(=O)Nc2cc(C)sn2)cc1)C(C(=O)OCC)C(=O)OCC. The van der Waals surface area contributed by atoms with Crippen LogP contribution in [0.2, 0.25) is 0 Å². The Balaban J connectivity index is 2.24. The van der Waals surface area contributed by atoms with Crippen molar-refractivity contribution in [1.82, 2.24) is 4.37 Å². The molecule has 9 nitrogen and oxygen atoms in total. The predicted molar refractivity (Wildman–Crippen MR) is 132 cm³/mol. The summed E-state index contributed by atoms with van der Waals surface area (Å²) in [7, 11) is -3.80. The first-order chi connectivity index (χ1) is 16.2. The summed E-state index contributed by atoms with van der Waals surface area (Å²) in [5.41, 5.74) is 0.573. The average Bonchev–Trinajstić information content (AvgIpc) is 3.18. The molecule has 0 aliphatic carbocycles. The Morgan fingerprint density at radius 3 is 2.15 bits per heavy atom. The van der Waals surface area contributed by atoms with Gasteiger partial charge >= 0.3 is 11.9 Å². The molecule has 0 aliphatic heterocycles. The number of nitrogens with zero attached hydrogens (tertiary/aromatic N) is 1. The average molecular weight is 512 g/mol. The zero-order chi connectivity index (χ0) is 25.1. The Bertz CT molecular complexity index is 1020. The van der Waals surface area contributed by atoms with E-state index in [1.807, 2.05) is 6.92 Å². The normalized spacial score (nSPS) is 12.3. The van der Waals surface area contributed by atoms with Gasteiger partial charge in [0.2, 0.25) is 0 Å². The van der Waals surface area contributed by atoms with E-state index >= 15 is 0 Å². The maximum absolute atomic E-state index is 12.7. The molecule has 0 radical (unpaired) electrons. The second kappa shape index (κ2) is 13.3. The first-order valence-corrected chi connectivity index (χ1v) is 13.6. The second-order valence-corrected chi connectivity index (χ2v) is 10.4. The lowest BCUT2D eigenvalue weighted by Crippen LogP contribution is -2.42. The lowest BCUT2D eigenvalue weighted by molar-refractivity contribution is -0.162. The van der Waals surface area contributed by atoms with Crippen LogP contribution in [0.15, 0.2) is 35.2 Å². The van der Waals surface area contributed by atoms with Crippen molar-refractivity contribution in [2.24, 2.45) is 5.92 Å². The highest BCUT2D eigenvalue weighted by Crippen LogP contribution is 2.24. The predicted octanol–water partition coefficient (Wildman–Crippen LogP) is 4.36. The topological polar surface area (TPSA) is 124 Å². The molecule has 0 spiro atoms. The maximum atomic E-state index is 12.7. The van der Waals surface area contributed by atoms with E-state index < -0.39 is 33.9 Å². The number of hydrogen-bond donors (Lipinski definition) is 2. The van der Waals surface area contributed by atoms with Gasteiger partial charge in [-0.1, -0.05) is 26.2 Å². The Kier molecular flexibility index (Phi) is 10.8. The minimum Gasteiger partial charge on any atom is -0.465 e. The zero-order valence-corrected chi connectivity index (χ0v) is 21.6. The van der Waals surface area contributed by atoms with Crippen LogP contribution in [0.4, 0.5) is 11.5 Å². The molecule has 1 aromatic heterocycles. The summed E-state index contributed by atoms with van der Waals surface area (Å²) in [6.07, 6.45) is 3.26. The summed E-state index contributed by atoms with van der Waals surface area (Å²) >= 11 is 1.21. The number of carbonyl (C=O) groups is 2. The molecule has 11 heteroatoms. The number of benzene rings is 1. The number of hydrogen-bond acceptors (Lipinski definition) is 9. The third-order valence-electron chi connectivity index (χ3n) is 4.99. The Hall–Kier alpha value is -2.66. The highest BCUT2D eigenvalue weighted by atomic mass is 32.2. The van der Waals surface area contributed by atoms with Crippen LogP contribution in [0.3, 0.4) is 0 Å². The molecule has 0 aliphatic rings. The summed E-state index contributed by atoms with van der Waals surface area (Å²) in [5, 5.41) is 3.22. The molecule has 34 heavy (non-hydrogen) atoms. The number of carbonyl (C=O) groups excluding carboxylic acids is 2. The minimum absolute atomic E-state index is 0.0681. The van der Waals surface area contributed by atoms with Crippen LogP contribution in [0, 0.1) is 12.8 Å². The van der Waals surface area contributed by atoms with E-state index in [0.29, 0.717) is 12.1 Å². The van der Waals surface area contributed by atoms with Crippen molar-refractivity contribution in [2.45, 2.75) is 64.3 Å². The van der Waals surface area contributed by atoms with Gasteiger partial charge in [0.15, 0.2) is 11.7 Å². The Morgan fingerprint density at radius 2 is 1.65 bits per heavy atom. The van der Waals surface area contributed by atoms with Crippen LogP contribution in [0.1, 0.15) is 51.3 Å².